The Kier molecular flexibility index (Phi) is 4.08. The molecule has 2 atom stereocenters. The van der Waals surface area contributed by atoms with Crippen LogP contribution in [-0.4, -0.2) is 36.0 Å². The largest absolute Gasteiger partial charge is 0.497 e. The first-order valence-electron chi connectivity index (χ1n) is 8.03. The predicted octanol–water partition coefficient (Wildman–Crippen LogP) is 2.84. The Labute approximate surface area is 154 Å². The van der Waals surface area contributed by atoms with Gasteiger partial charge in [-0.15, -0.1) is 0 Å². The maximum Gasteiger partial charge on any atom is 0.263 e. The number of halogens is 1. The highest BCUT2D eigenvalue weighted by atomic mass is 35.5. The molecule has 26 heavy (non-hydrogen) atoms. The number of imide groups is 1. The van der Waals surface area contributed by atoms with Crippen molar-refractivity contribution < 1.29 is 14.3 Å². The average Bonchev–Trinajstić information content (AvgIpc) is 3.17. The van der Waals surface area contributed by atoms with E-state index in [1.807, 2.05) is 18.2 Å². The molecule has 2 aliphatic rings. The molecule has 2 aromatic rings. The molecule has 2 aliphatic heterocycles. The lowest BCUT2D eigenvalue weighted by Gasteiger charge is -2.21. The van der Waals surface area contributed by atoms with Gasteiger partial charge in [0.25, 0.3) is 11.8 Å². The van der Waals surface area contributed by atoms with Crippen molar-refractivity contribution in [2.45, 2.75) is 18.6 Å². The van der Waals surface area contributed by atoms with Crippen LogP contribution in [0.2, 0.25) is 5.02 Å². The van der Waals surface area contributed by atoms with Crippen molar-refractivity contribution in [2.75, 3.05) is 12.0 Å². The number of amides is 2. The Morgan fingerprint density at radius 1 is 1.08 bits per heavy atom. The highest BCUT2D eigenvalue weighted by molar-refractivity contribution is 6.31. The molecule has 4 rings (SSSR count). The summed E-state index contributed by atoms with van der Waals surface area (Å²) < 4.78 is 5.11. The summed E-state index contributed by atoms with van der Waals surface area (Å²) in [7, 11) is 1.55. The molecule has 0 aliphatic carbocycles. The molecule has 0 bridgehead atoms. The monoisotopic (exact) mass is 370 g/mol. The summed E-state index contributed by atoms with van der Waals surface area (Å²) in [5.41, 5.74) is 1.31. The van der Waals surface area contributed by atoms with E-state index in [2.05, 4.69) is 10.3 Å². The fourth-order valence-corrected chi connectivity index (χ4v) is 3.34. The van der Waals surface area contributed by atoms with Gasteiger partial charge in [0.15, 0.2) is 12.1 Å². The van der Waals surface area contributed by atoms with Gasteiger partial charge >= 0.3 is 0 Å². The summed E-state index contributed by atoms with van der Waals surface area (Å²) in [4.78, 5) is 26.8. The van der Waals surface area contributed by atoms with Gasteiger partial charge in [0.2, 0.25) is 0 Å². The van der Waals surface area contributed by atoms with Crippen LogP contribution in [0, 0.1) is 0 Å². The highest BCUT2D eigenvalue weighted by Gasteiger charge is 2.54. The maximum atomic E-state index is 12.9. The zero-order chi connectivity index (χ0) is 18.3. The zero-order valence-electron chi connectivity index (χ0n) is 13.9. The van der Waals surface area contributed by atoms with Gasteiger partial charge in [0.05, 0.1) is 19.3 Å². The van der Waals surface area contributed by atoms with E-state index in [0.717, 1.165) is 10.5 Å². The van der Waals surface area contributed by atoms with Crippen molar-refractivity contribution in [1.82, 2.24) is 5.01 Å². The van der Waals surface area contributed by atoms with E-state index in [4.69, 9.17) is 16.3 Å². The molecule has 8 heteroatoms. The molecule has 2 amide bonds. The van der Waals surface area contributed by atoms with Crippen LogP contribution in [-0.2, 0) is 16.1 Å². The molecule has 0 N–H and O–H groups in total. The average molecular weight is 371 g/mol. The molecule has 1 fully saturated rings. The number of fused-ring (bicyclic) bond motifs is 1. The fourth-order valence-electron chi connectivity index (χ4n) is 3.14. The second-order valence-corrected chi connectivity index (χ2v) is 6.40. The summed E-state index contributed by atoms with van der Waals surface area (Å²) in [6.07, 6.45) is 0. The first-order valence-corrected chi connectivity index (χ1v) is 8.40. The number of ether oxygens (including phenoxy) is 1. The summed E-state index contributed by atoms with van der Waals surface area (Å²) in [5, 5.41) is 10.1. The molecule has 7 nitrogen and oxygen atoms in total. The third-order valence-corrected chi connectivity index (χ3v) is 4.85. The maximum absolute atomic E-state index is 12.9. The Morgan fingerprint density at radius 2 is 1.81 bits per heavy atom. The lowest BCUT2D eigenvalue weighted by atomic mass is 10.1. The number of methoxy groups -OCH3 is 1. The van der Waals surface area contributed by atoms with E-state index >= 15 is 0 Å². The normalized spacial score (nSPS) is 21.5. The Balaban J connectivity index is 1.60. The van der Waals surface area contributed by atoms with Gasteiger partial charge in [-0.05, 0) is 35.9 Å². The van der Waals surface area contributed by atoms with E-state index < -0.39 is 12.1 Å². The van der Waals surface area contributed by atoms with Crippen LogP contribution < -0.4 is 9.64 Å². The Morgan fingerprint density at radius 3 is 2.50 bits per heavy atom. The number of carbonyl (C=O) groups excluding carboxylic acids is 2. The van der Waals surface area contributed by atoms with Crippen molar-refractivity contribution in [3.63, 3.8) is 0 Å². The number of anilines is 1. The SMILES string of the molecule is COc1ccc(N2C(=O)[C@@H]3N=NN(Cc4ccccc4Cl)[C@H]3C2=O)cc1. The molecular formula is C18H15ClN4O3. The number of benzene rings is 2. The van der Waals surface area contributed by atoms with Crippen LogP contribution in [0.15, 0.2) is 58.9 Å². The van der Waals surface area contributed by atoms with Crippen molar-refractivity contribution in [3.8, 4) is 5.75 Å². The van der Waals surface area contributed by atoms with E-state index in [0.29, 0.717) is 23.0 Å². The van der Waals surface area contributed by atoms with Crippen molar-refractivity contribution in [3.05, 3.63) is 59.1 Å². The second-order valence-electron chi connectivity index (χ2n) is 5.99. The van der Waals surface area contributed by atoms with E-state index in [1.54, 1.807) is 37.4 Å². The Hall–Kier alpha value is -2.93. The van der Waals surface area contributed by atoms with Crippen LogP contribution in [0.5, 0.6) is 5.75 Å². The number of hydrogen-bond acceptors (Lipinski definition) is 6. The van der Waals surface area contributed by atoms with Gasteiger partial charge in [-0.1, -0.05) is 35.0 Å². The van der Waals surface area contributed by atoms with E-state index in [9.17, 15) is 9.59 Å². The molecule has 0 spiro atoms. The molecule has 2 aromatic carbocycles. The van der Waals surface area contributed by atoms with Crippen molar-refractivity contribution in [2.24, 2.45) is 10.3 Å². The molecule has 0 unspecified atom stereocenters. The lowest BCUT2D eigenvalue weighted by molar-refractivity contribution is -0.123. The number of carbonyl (C=O) groups is 2. The van der Waals surface area contributed by atoms with Crippen LogP contribution >= 0.6 is 11.6 Å². The van der Waals surface area contributed by atoms with Crippen LogP contribution in [0.1, 0.15) is 5.56 Å². The molecule has 132 valence electrons. The molecule has 1 saturated heterocycles. The minimum Gasteiger partial charge on any atom is -0.497 e. The highest BCUT2D eigenvalue weighted by Crippen LogP contribution is 2.34. The first-order chi connectivity index (χ1) is 12.6. The molecular weight excluding hydrogens is 356 g/mol. The topological polar surface area (TPSA) is 74.6 Å². The van der Waals surface area contributed by atoms with Crippen molar-refractivity contribution >= 4 is 29.1 Å². The molecule has 2 heterocycles. The van der Waals surface area contributed by atoms with Crippen LogP contribution in [0.3, 0.4) is 0 Å². The van der Waals surface area contributed by atoms with Crippen molar-refractivity contribution in [1.29, 1.82) is 0 Å². The summed E-state index contributed by atoms with van der Waals surface area (Å²) in [6.45, 7) is 0.305. The quantitative estimate of drug-likeness (QED) is 0.775. The number of rotatable bonds is 4. The molecule has 0 aromatic heterocycles. The number of hydrogen-bond donors (Lipinski definition) is 0. The number of nitrogens with zero attached hydrogens (tertiary/aromatic N) is 4. The van der Waals surface area contributed by atoms with Crippen LogP contribution in [0.4, 0.5) is 5.69 Å². The van der Waals surface area contributed by atoms with Crippen LogP contribution in [0.25, 0.3) is 0 Å². The van der Waals surface area contributed by atoms with Gasteiger partial charge < -0.3 is 4.74 Å². The summed E-state index contributed by atoms with van der Waals surface area (Å²) in [6, 6.07) is 12.5. The van der Waals surface area contributed by atoms with E-state index in [-0.39, 0.29) is 11.8 Å². The van der Waals surface area contributed by atoms with Gasteiger partial charge in [0, 0.05) is 5.02 Å². The third-order valence-electron chi connectivity index (χ3n) is 4.48. The smallest absolute Gasteiger partial charge is 0.263 e. The third kappa shape index (κ3) is 2.61. The predicted molar refractivity (Wildman–Crippen MR) is 94.9 cm³/mol. The van der Waals surface area contributed by atoms with Gasteiger partial charge in [-0.25, -0.2) is 4.90 Å². The van der Waals surface area contributed by atoms with Gasteiger partial charge in [-0.3, -0.25) is 14.6 Å². The first kappa shape index (κ1) is 16.5. The zero-order valence-corrected chi connectivity index (χ0v) is 14.6. The van der Waals surface area contributed by atoms with Gasteiger partial charge in [-0.2, -0.15) is 5.11 Å². The minimum atomic E-state index is -0.827. The summed E-state index contributed by atoms with van der Waals surface area (Å²) >= 11 is 6.19. The lowest BCUT2D eigenvalue weighted by Crippen LogP contribution is -2.39. The van der Waals surface area contributed by atoms with E-state index in [1.165, 1.54) is 5.01 Å². The Bertz CT molecular complexity index is 900. The standard InChI is InChI=1S/C18H15ClN4O3/c1-26-13-8-6-12(7-9-13)23-17(24)15-16(18(23)25)22(21-20-15)10-11-4-2-3-5-14(11)19/h2-9,15-16H,10H2,1H3/t15-,16-/m1/s1. The molecule has 0 radical (unpaired) electrons. The molecule has 0 saturated carbocycles. The minimum absolute atomic E-state index is 0.305. The second kappa shape index (κ2) is 6.42. The fraction of sp³-hybridized carbons (Fsp3) is 0.222. The van der Waals surface area contributed by atoms with Gasteiger partial charge in [0.1, 0.15) is 5.75 Å². The summed E-state index contributed by atoms with van der Waals surface area (Å²) in [5.74, 6) is -0.0779.